The third-order valence-corrected chi connectivity index (χ3v) is 5.58. The van der Waals surface area contributed by atoms with Crippen molar-refractivity contribution in [2.24, 2.45) is 0 Å². The topological polar surface area (TPSA) is 46.2 Å². The molecule has 0 heterocycles. The predicted molar refractivity (Wildman–Crippen MR) is 86.7 cm³/mol. The van der Waals surface area contributed by atoms with Gasteiger partial charge in [-0.2, -0.15) is 0 Å². The maximum Gasteiger partial charge on any atom is 0.211 e. The number of amides is 1. The zero-order chi connectivity index (χ0) is 14.5. The van der Waals surface area contributed by atoms with Crippen molar-refractivity contribution in [1.82, 2.24) is 0 Å². The molecule has 0 bridgehead atoms. The van der Waals surface area contributed by atoms with Crippen LogP contribution in [0.15, 0.2) is 61.6 Å². The van der Waals surface area contributed by atoms with Crippen molar-refractivity contribution in [1.29, 1.82) is 0 Å². The summed E-state index contributed by atoms with van der Waals surface area (Å²) in [4.78, 5) is 13.4. The van der Waals surface area contributed by atoms with E-state index in [-0.39, 0.29) is 0 Å². The van der Waals surface area contributed by atoms with Crippen LogP contribution in [0.3, 0.4) is 0 Å². The lowest BCUT2D eigenvalue weighted by Crippen LogP contribution is -1.98. The van der Waals surface area contributed by atoms with Crippen LogP contribution in [0.25, 0.3) is 0 Å². The standard InChI is InChI=1S/C14H12BrNO2S2/c1-20(18)10-6-7-14(12(8-10)16-9-17)19-13-5-3-2-4-11(13)15/h2-9H,1H3,(H,16,17). The molecule has 0 spiro atoms. The number of halogens is 1. The van der Waals surface area contributed by atoms with Crippen LogP contribution in [-0.4, -0.2) is 16.9 Å². The van der Waals surface area contributed by atoms with Crippen molar-refractivity contribution in [3.8, 4) is 0 Å². The van der Waals surface area contributed by atoms with Crippen molar-refractivity contribution >= 4 is 50.6 Å². The fourth-order valence-electron chi connectivity index (χ4n) is 1.60. The third kappa shape index (κ3) is 3.71. The van der Waals surface area contributed by atoms with E-state index in [1.807, 2.05) is 36.4 Å². The molecule has 1 amide bonds. The highest BCUT2D eigenvalue weighted by atomic mass is 79.9. The normalized spacial score (nSPS) is 11.9. The molecule has 3 nitrogen and oxygen atoms in total. The van der Waals surface area contributed by atoms with E-state index in [0.29, 0.717) is 17.0 Å². The van der Waals surface area contributed by atoms with Gasteiger partial charge in [-0.3, -0.25) is 9.00 Å². The van der Waals surface area contributed by atoms with Crippen LogP contribution >= 0.6 is 27.7 Å². The monoisotopic (exact) mass is 369 g/mol. The lowest BCUT2D eigenvalue weighted by atomic mass is 10.3. The second-order valence-corrected chi connectivity index (χ2v) is 7.22. The van der Waals surface area contributed by atoms with E-state index in [2.05, 4.69) is 21.2 Å². The molecular formula is C14H12BrNO2S2. The minimum Gasteiger partial charge on any atom is -0.328 e. The maximum absolute atomic E-state index is 11.5. The number of anilines is 1. The van der Waals surface area contributed by atoms with E-state index in [9.17, 15) is 9.00 Å². The SMILES string of the molecule is CS(=O)c1ccc(Sc2ccccc2Br)c(NC=O)c1. The van der Waals surface area contributed by atoms with Crippen LogP contribution < -0.4 is 5.32 Å². The molecule has 2 aromatic carbocycles. The summed E-state index contributed by atoms with van der Waals surface area (Å²) in [7, 11) is -1.08. The van der Waals surface area contributed by atoms with E-state index >= 15 is 0 Å². The van der Waals surface area contributed by atoms with Crippen LogP contribution in [0.5, 0.6) is 0 Å². The molecule has 0 aliphatic heterocycles. The molecule has 0 saturated carbocycles. The third-order valence-electron chi connectivity index (χ3n) is 2.55. The van der Waals surface area contributed by atoms with E-state index in [0.717, 1.165) is 14.3 Å². The summed E-state index contributed by atoms with van der Waals surface area (Å²) >= 11 is 5.03. The molecule has 1 N–H and O–H groups in total. The Bertz CT molecular complexity index is 661. The van der Waals surface area contributed by atoms with Crippen LogP contribution in [-0.2, 0) is 15.6 Å². The van der Waals surface area contributed by atoms with E-state index in [1.165, 1.54) is 11.8 Å². The van der Waals surface area contributed by atoms with Gasteiger partial charge < -0.3 is 5.32 Å². The van der Waals surface area contributed by atoms with Crippen LogP contribution in [0.4, 0.5) is 5.69 Å². The predicted octanol–water partition coefficient (Wildman–Crippen LogP) is 3.91. The molecule has 1 atom stereocenters. The fraction of sp³-hybridized carbons (Fsp3) is 0.0714. The molecule has 0 aromatic heterocycles. The van der Waals surface area contributed by atoms with Crippen molar-refractivity contribution in [3.63, 3.8) is 0 Å². The van der Waals surface area contributed by atoms with Crippen molar-refractivity contribution in [2.45, 2.75) is 14.7 Å². The Balaban J connectivity index is 2.38. The molecule has 104 valence electrons. The first-order valence-corrected chi connectivity index (χ1v) is 8.88. The van der Waals surface area contributed by atoms with Crippen molar-refractivity contribution in [2.75, 3.05) is 11.6 Å². The van der Waals surface area contributed by atoms with Gasteiger partial charge in [-0.15, -0.1) is 0 Å². The summed E-state index contributed by atoms with van der Waals surface area (Å²) in [6.07, 6.45) is 2.24. The Labute approximate surface area is 132 Å². The number of hydrogen-bond acceptors (Lipinski definition) is 3. The smallest absolute Gasteiger partial charge is 0.211 e. The van der Waals surface area contributed by atoms with Crippen LogP contribution in [0.2, 0.25) is 0 Å². The molecule has 2 rings (SSSR count). The number of carbonyl (C=O) groups is 1. The van der Waals surface area contributed by atoms with Gasteiger partial charge in [-0.05, 0) is 46.3 Å². The number of benzene rings is 2. The quantitative estimate of drug-likeness (QED) is 0.812. The van der Waals surface area contributed by atoms with Gasteiger partial charge in [0.25, 0.3) is 0 Å². The zero-order valence-corrected chi connectivity index (χ0v) is 13.8. The summed E-state index contributed by atoms with van der Waals surface area (Å²) in [5, 5.41) is 2.66. The van der Waals surface area contributed by atoms with E-state index in [1.54, 1.807) is 12.3 Å². The number of nitrogens with one attached hydrogen (secondary N) is 1. The highest BCUT2D eigenvalue weighted by molar-refractivity contribution is 9.10. The fourth-order valence-corrected chi connectivity index (χ4v) is 3.58. The molecule has 0 fully saturated rings. The number of rotatable bonds is 5. The second kappa shape index (κ2) is 7.06. The molecule has 0 aliphatic carbocycles. The highest BCUT2D eigenvalue weighted by Gasteiger charge is 2.09. The van der Waals surface area contributed by atoms with Gasteiger partial charge in [0, 0.05) is 36.2 Å². The largest absolute Gasteiger partial charge is 0.328 e. The molecule has 6 heteroatoms. The van der Waals surface area contributed by atoms with Crippen molar-refractivity contribution < 1.29 is 9.00 Å². The maximum atomic E-state index is 11.5. The summed E-state index contributed by atoms with van der Waals surface area (Å²) < 4.78 is 12.5. The van der Waals surface area contributed by atoms with Crippen LogP contribution in [0.1, 0.15) is 0 Å². The zero-order valence-electron chi connectivity index (χ0n) is 10.6. The lowest BCUT2D eigenvalue weighted by Gasteiger charge is -2.10. The van der Waals surface area contributed by atoms with Gasteiger partial charge in [-0.1, -0.05) is 23.9 Å². The van der Waals surface area contributed by atoms with E-state index in [4.69, 9.17) is 0 Å². The second-order valence-electron chi connectivity index (χ2n) is 3.91. The summed E-state index contributed by atoms with van der Waals surface area (Å²) in [5.41, 5.74) is 0.661. The Morgan fingerprint density at radius 3 is 2.60 bits per heavy atom. The van der Waals surface area contributed by atoms with Gasteiger partial charge in [0.1, 0.15) is 0 Å². The highest BCUT2D eigenvalue weighted by Crippen LogP contribution is 2.37. The molecule has 0 radical (unpaired) electrons. The number of carbonyl (C=O) groups excluding carboxylic acids is 1. The Morgan fingerprint density at radius 2 is 1.95 bits per heavy atom. The first-order chi connectivity index (χ1) is 9.61. The first-order valence-electron chi connectivity index (χ1n) is 5.72. The molecule has 1 unspecified atom stereocenters. The molecule has 2 aromatic rings. The van der Waals surface area contributed by atoms with Gasteiger partial charge >= 0.3 is 0 Å². The Morgan fingerprint density at radius 1 is 1.20 bits per heavy atom. The molecule has 0 aliphatic rings. The molecular weight excluding hydrogens is 358 g/mol. The molecule has 0 saturated heterocycles. The summed E-state index contributed by atoms with van der Waals surface area (Å²) in [5.74, 6) is 0. The Kier molecular flexibility index (Phi) is 5.39. The minimum absolute atomic E-state index is 0.627. The van der Waals surface area contributed by atoms with Crippen molar-refractivity contribution in [3.05, 3.63) is 46.9 Å². The van der Waals surface area contributed by atoms with E-state index < -0.39 is 10.8 Å². The average molecular weight is 370 g/mol. The van der Waals surface area contributed by atoms with Gasteiger partial charge in [0.05, 0.1) is 5.69 Å². The Hall–Kier alpha value is -1.11. The molecule has 20 heavy (non-hydrogen) atoms. The summed E-state index contributed by atoms with van der Waals surface area (Å²) in [6.45, 7) is 0. The van der Waals surface area contributed by atoms with Gasteiger partial charge in [0.15, 0.2) is 0 Å². The van der Waals surface area contributed by atoms with Gasteiger partial charge in [-0.25, -0.2) is 0 Å². The number of hydrogen-bond donors (Lipinski definition) is 1. The first kappa shape index (κ1) is 15.3. The lowest BCUT2D eigenvalue weighted by molar-refractivity contribution is -0.105. The van der Waals surface area contributed by atoms with Crippen LogP contribution in [0, 0.1) is 0 Å². The minimum atomic E-state index is -1.08. The van der Waals surface area contributed by atoms with Gasteiger partial charge in [0.2, 0.25) is 6.41 Å². The summed E-state index contributed by atoms with van der Waals surface area (Å²) in [6, 6.07) is 13.3. The average Bonchev–Trinajstić information content (AvgIpc) is 2.43.